The van der Waals surface area contributed by atoms with Crippen LogP contribution in [0.2, 0.25) is 5.02 Å². The Morgan fingerprint density at radius 2 is 1.89 bits per heavy atom. The number of hydrogen-bond donors (Lipinski definition) is 0. The SMILES string of the molecule is Cc1cccc(OC(=O)C2C(c3ccc(Cl)cc3)CC3CCC2N3C)c1.Cl. The van der Waals surface area contributed by atoms with Crippen molar-refractivity contribution in [2.75, 3.05) is 7.05 Å². The Bertz CT molecular complexity index is 808. The maximum atomic E-state index is 13.2. The molecule has 0 aromatic heterocycles. The van der Waals surface area contributed by atoms with Crippen LogP contribution in [0.25, 0.3) is 0 Å². The number of ether oxygens (including phenoxy) is 1. The minimum absolute atomic E-state index is 0. The molecular weight excluding hydrogens is 381 g/mol. The molecular formula is C22H25Cl2NO2. The molecule has 144 valence electrons. The summed E-state index contributed by atoms with van der Waals surface area (Å²) in [4.78, 5) is 15.6. The molecule has 0 spiro atoms. The Balaban J connectivity index is 0.00000210. The van der Waals surface area contributed by atoms with E-state index in [9.17, 15) is 4.79 Å². The van der Waals surface area contributed by atoms with Gasteiger partial charge in [0.1, 0.15) is 5.75 Å². The van der Waals surface area contributed by atoms with Crippen molar-refractivity contribution in [1.29, 1.82) is 0 Å². The smallest absolute Gasteiger partial charge is 0.316 e. The maximum Gasteiger partial charge on any atom is 0.316 e. The van der Waals surface area contributed by atoms with Crippen LogP contribution in [-0.4, -0.2) is 30.0 Å². The van der Waals surface area contributed by atoms with Crippen LogP contribution in [0, 0.1) is 12.8 Å². The lowest BCUT2D eigenvalue weighted by atomic mass is 9.76. The zero-order valence-corrected chi connectivity index (χ0v) is 17.2. The zero-order valence-electron chi connectivity index (χ0n) is 15.6. The maximum absolute atomic E-state index is 13.2. The van der Waals surface area contributed by atoms with E-state index in [-0.39, 0.29) is 36.3 Å². The van der Waals surface area contributed by atoms with Gasteiger partial charge in [0, 0.05) is 23.0 Å². The average Bonchev–Trinajstić information content (AvgIpc) is 2.85. The molecule has 4 unspecified atom stereocenters. The molecule has 2 fully saturated rings. The van der Waals surface area contributed by atoms with Gasteiger partial charge in [0.05, 0.1) is 5.92 Å². The first kappa shape index (κ1) is 20.2. The highest BCUT2D eigenvalue weighted by molar-refractivity contribution is 6.30. The molecule has 0 N–H and O–H groups in total. The summed E-state index contributed by atoms with van der Waals surface area (Å²) in [6.45, 7) is 2.00. The fraction of sp³-hybridized carbons (Fsp3) is 0.409. The molecule has 4 atom stereocenters. The number of esters is 1. The predicted octanol–water partition coefficient (Wildman–Crippen LogP) is 5.24. The minimum atomic E-state index is -0.152. The third kappa shape index (κ3) is 4.01. The molecule has 0 aliphatic carbocycles. The summed E-state index contributed by atoms with van der Waals surface area (Å²) >= 11 is 6.06. The summed E-state index contributed by atoms with van der Waals surface area (Å²) < 4.78 is 5.82. The summed E-state index contributed by atoms with van der Waals surface area (Å²) in [5, 5.41) is 0.725. The normalized spacial score (nSPS) is 27.1. The fourth-order valence-corrected chi connectivity index (χ4v) is 4.83. The van der Waals surface area contributed by atoms with Crippen LogP contribution in [-0.2, 0) is 4.79 Å². The van der Waals surface area contributed by atoms with Crippen molar-refractivity contribution in [3.8, 4) is 5.75 Å². The quantitative estimate of drug-likeness (QED) is 0.516. The first-order valence-electron chi connectivity index (χ1n) is 9.28. The lowest BCUT2D eigenvalue weighted by Crippen LogP contribution is -2.49. The van der Waals surface area contributed by atoms with E-state index in [0.717, 1.165) is 29.8 Å². The molecule has 0 amide bonds. The largest absolute Gasteiger partial charge is 0.426 e. The molecule has 2 saturated heterocycles. The second kappa shape index (κ2) is 8.22. The van der Waals surface area contributed by atoms with Crippen molar-refractivity contribution < 1.29 is 9.53 Å². The molecule has 2 aliphatic heterocycles. The molecule has 2 aromatic rings. The van der Waals surface area contributed by atoms with Crippen LogP contribution in [0.15, 0.2) is 48.5 Å². The highest BCUT2D eigenvalue weighted by atomic mass is 35.5. The Labute approximate surface area is 172 Å². The molecule has 2 bridgehead atoms. The molecule has 2 aromatic carbocycles. The standard InChI is InChI=1S/C22H24ClNO2.ClH/c1-14-4-3-5-18(12-14)26-22(25)21-19(15-6-8-16(23)9-7-15)13-17-10-11-20(21)24(17)2;/h3-9,12,17,19-21H,10-11,13H2,1-2H3;1H. The third-order valence-electron chi connectivity index (χ3n) is 6.05. The molecule has 4 rings (SSSR count). The van der Waals surface area contributed by atoms with Gasteiger partial charge in [-0.3, -0.25) is 9.69 Å². The van der Waals surface area contributed by atoms with E-state index in [4.69, 9.17) is 16.3 Å². The summed E-state index contributed by atoms with van der Waals surface area (Å²) in [6.07, 6.45) is 3.19. The van der Waals surface area contributed by atoms with Gasteiger partial charge in [0.2, 0.25) is 0 Å². The number of aryl methyl sites for hydroxylation is 1. The molecule has 2 heterocycles. The second-order valence-corrected chi connectivity index (χ2v) is 8.06. The van der Waals surface area contributed by atoms with E-state index in [1.807, 2.05) is 43.3 Å². The van der Waals surface area contributed by atoms with Gasteiger partial charge in [-0.15, -0.1) is 12.4 Å². The Morgan fingerprint density at radius 1 is 1.15 bits per heavy atom. The first-order valence-corrected chi connectivity index (χ1v) is 9.66. The van der Waals surface area contributed by atoms with Gasteiger partial charge in [-0.05, 0) is 68.6 Å². The number of nitrogens with zero attached hydrogens (tertiary/aromatic N) is 1. The van der Waals surface area contributed by atoms with Crippen molar-refractivity contribution in [3.05, 3.63) is 64.7 Å². The van der Waals surface area contributed by atoms with Gasteiger partial charge in [0.15, 0.2) is 0 Å². The number of carbonyl (C=O) groups excluding carboxylic acids is 1. The summed E-state index contributed by atoms with van der Waals surface area (Å²) in [5.74, 6) is 0.541. The van der Waals surface area contributed by atoms with Crippen molar-refractivity contribution in [2.45, 2.75) is 44.2 Å². The molecule has 2 aliphatic rings. The highest BCUT2D eigenvalue weighted by Crippen LogP contribution is 2.46. The number of hydrogen-bond acceptors (Lipinski definition) is 3. The molecule has 0 radical (unpaired) electrons. The molecule has 5 heteroatoms. The zero-order chi connectivity index (χ0) is 18.3. The number of rotatable bonds is 3. The lowest BCUT2D eigenvalue weighted by Gasteiger charge is -2.41. The highest BCUT2D eigenvalue weighted by Gasteiger charge is 2.49. The van der Waals surface area contributed by atoms with Crippen LogP contribution in [0.3, 0.4) is 0 Å². The van der Waals surface area contributed by atoms with Crippen molar-refractivity contribution in [3.63, 3.8) is 0 Å². The van der Waals surface area contributed by atoms with E-state index in [1.54, 1.807) is 0 Å². The molecule has 27 heavy (non-hydrogen) atoms. The first-order chi connectivity index (χ1) is 12.5. The van der Waals surface area contributed by atoms with Gasteiger partial charge in [-0.25, -0.2) is 0 Å². The fourth-order valence-electron chi connectivity index (χ4n) is 4.70. The monoisotopic (exact) mass is 405 g/mol. The van der Waals surface area contributed by atoms with Gasteiger partial charge in [-0.2, -0.15) is 0 Å². The van der Waals surface area contributed by atoms with Crippen molar-refractivity contribution in [1.82, 2.24) is 4.90 Å². The van der Waals surface area contributed by atoms with Crippen LogP contribution >= 0.6 is 24.0 Å². The molecule has 3 nitrogen and oxygen atoms in total. The predicted molar refractivity (Wildman–Crippen MR) is 111 cm³/mol. The lowest BCUT2D eigenvalue weighted by molar-refractivity contribution is -0.143. The number of fused-ring (bicyclic) bond motifs is 2. The van der Waals surface area contributed by atoms with Crippen molar-refractivity contribution >= 4 is 30.0 Å². The van der Waals surface area contributed by atoms with Crippen molar-refractivity contribution in [2.24, 2.45) is 5.92 Å². The Kier molecular flexibility index (Phi) is 6.15. The summed E-state index contributed by atoms with van der Waals surface area (Å²) in [7, 11) is 2.15. The summed E-state index contributed by atoms with van der Waals surface area (Å²) in [6, 6.07) is 16.4. The van der Waals surface area contributed by atoms with Gasteiger partial charge in [-0.1, -0.05) is 35.9 Å². The van der Waals surface area contributed by atoms with E-state index >= 15 is 0 Å². The topological polar surface area (TPSA) is 29.5 Å². The van der Waals surface area contributed by atoms with E-state index < -0.39 is 0 Å². The van der Waals surface area contributed by atoms with E-state index in [0.29, 0.717) is 11.8 Å². The van der Waals surface area contributed by atoms with Crippen LogP contribution in [0.5, 0.6) is 5.75 Å². The van der Waals surface area contributed by atoms with Gasteiger partial charge < -0.3 is 4.74 Å². The number of piperidine rings is 1. The van der Waals surface area contributed by atoms with E-state index in [1.165, 1.54) is 5.56 Å². The van der Waals surface area contributed by atoms with Gasteiger partial charge in [0.25, 0.3) is 0 Å². The van der Waals surface area contributed by atoms with Crippen LogP contribution < -0.4 is 4.74 Å². The van der Waals surface area contributed by atoms with Crippen LogP contribution in [0.1, 0.15) is 36.3 Å². The average molecular weight is 406 g/mol. The third-order valence-corrected chi connectivity index (χ3v) is 6.30. The van der Waals surface area contributed by atoms with E-state index in [2.05, 4.69) is 24.1 Å². The number of carbonyl (C=O) groups is 1. The van der Waals surface area contributed by atoms with Crippen LogP contribution in [0.4, 0.5) is 0 Å². The van der Waals surface area contributed by atoms with Gasteiger partial charge >= 0.3 is 5.97 Å². The Morgan fingerprint density at radius 3 is 2.59 bits per heavy atom. The summed E-state index contributed by atoms with van der Waals surface area (Å²) in [5.41, 5.74) is 2.27. The number of benzene rings is 2. The Hall–Kier alpha value is -1.55. The minimum Gasteiger partial charge on any atom is -0.426 e. The number of halogens is 2. The molecule has 0 saturated carbocycles. The second-order valence-electron chi connectivity index (χ2n) is 7.62.